The van der Waals surface area contributed by atoms with E-state index in [1.54, 1.807) is 12.3 Å². The molecule has 1 aliphatic heterocycles. The molecule has 2 aromatic carbocycles. The molecule has 0 radical (unpaired) electrons. The molecule has 1 aromatic heterocycles. The minimum atomic E-state index is -0.871. The van der Waals surface area contributed by atoms with Gasteiger partial charge in [0.1, 0.15) is 11.6 Å². The Balaban J connectivity index is 1.86. The largest absolute Gasteiger partial charge is 0.499 e. The van der Waals surface area contributed by atoms with Crippen molar-refractivity contribution in [3.8, 4) is 11.5 Å². The number of hydrogen-bond donors (Lipinski definition) is 1. The van der Waals surface area contributed by atoms with E-state index in [0.717, 1.165) is 6.07 Å². The maximum absolute atomic E-state index is 15.1. The Hall–Kier alpha value is -2.89. The van der Waals surface area contributed by atoms with E-state index in [1.165, 1.54) is 18.2 Å². The summed E-state index contributed by atoms with van der Waals surface area (Å²) >= 11 is 0. The van der Waals surface area contributed by atoms with Crippen LogP contribution in [0.4, 0.5) is 14.5 Å². The van der Waals surface area contributed by atoms with Crippen molar-refractivity contribution >= 4 is 29.2 Å². The number of H-pyrrole nitrogens is 1. The fraction of sp³-hybridized carbons (Fsp3) is 0.286. The Morgan fingerprint density at radius 2 is 1.72 bits per heavy atom. The summed E-state index contributed by atoms with van der Waals surface area (Å²) < 4.78 is 46.8. The van der Waals surface area contributed by atoms with Crippen LogP contribution in [-0.4, -0.2) is 23.3 Å². The molecule has 5 nitrogen and oxygen atoms in total. The Morgan fingerprint density at radius 1 is 1.03 bits per heavy atom. The SMILES string of the molecule is [C-]#[N+]c1cc(Oc2c(F)cc3[nH]ccc3c2B2OC(C)(C)C(C)(C)O2)ccc1F. The van der Waals surface area contributed by atoms with E-state index < -0.39 is 30.0 Å². The van der Waals surface area contributed by atoms with Gasteiger partial charge in [0.05, 0.1) is 17.8 Å². The number of ether oxygens (including phenoxy) is 1. The van der Waals surface area contributed by atoms with Crippen molar-refractivity contribution in [1.82, 2.24) is 4.98 Å². The first-order chi connectivity index (χ1) is 13.6. The summed E-state index contributed by atoms with van der Waals surface area (Å²) in [5.74, 6) is -1.24. The van der Waals surface area contributed by atoms with Crippen LogP contribution >= 0.6 is 0 Å². The second kappa shape index (κ2) is 6.58. The molecule has 1 N–H and O–H groups in total. The Bertz CT molecular complexity index is 1130. The van der Waals surface area contributed by atoms with Crippen molar-refractivity contribution in [1.29, 1.82) is 0 Å². The van der Waals surface area contributed by atoms with Crippen LogP contribution in [0.1, 0.15) is 27.7 Å². The summed E-state index contributed by atoms with van der Waals surface area (Å²) in [6.07, 6.45) is 1.69. The highest BCUT2D eigenvalue weighted by molar-refractivity contribution is 6.66. The predicted molar refractivity (Wildman–Crippen MR) is 107 cm³/mol. The van der Waals surface area contributed by atoms with Crippen LogP contribution < -0.4 is 10.2 Å². The van der Waals surface area contributed by atoms with Crippen LogP contribution in [0.5, 0.6) is 11.5 Å². The minimum absolute atomic E-state index is 0.0851. The van der Waals surface area contributed by atoms with Crippen molar-refractivity contribution in [3.05, 3.63) is 59.6 Å². The van der Waals surface area contributed by atoms with Gasteiger partial charge in [-0.2, -0.15) is 0 Å². The Labute approximate surface area is 167 Å². The number of benzene rings is 2. The van der Waals surface area contributed by atoms with Gasteiger partial charge in [0.15, 0.2) is 11.6 Å². The fourth-order valence-electron chi connectivity index (χ4n) is 3.24. The van der Waals surface area contributed by atoms with Crippen LogP contribution in [0, 0.1) is 18.2 Å². The quantitative estimate of drug-likeness (QED) is 0.496. The van der Waals surface area contributed by atoms with Crippen LogP contribution in [0.15, 0.2) is 36.5 Å². The van der Waals surface area contributed by atoms with Crippen LogP contribution in [0.2, 0.25) is 0 Å². The maximum atomic E-state index is 15.1. The molecule has 8 heteroatoms. The lowest BCUT2D eigenvalue weighted by atomic mass is 9.76. The molecule has 2 heterocycles. The normalized spacial score (nSPS) is 17.5. The van der Waals surface area contributed by atoms with Gasteiger partial charge in [-0.15, -0.1) is 0 Å². The van der Waals surface area contributed by atoms with E-state index >= 15 is 4.39 Å². The van der Waals surface area contributed by atoms with E-state index in [4.69, 9.17) is 20.6 Å². The molecule has 0 spiro atoms. The average Bonchev–Trinajstić information content (AvgIpc) is 3.18. The van der Waals surface area contributed by atoms with Crippen molar-refractivity contribution < 1.29 is 22.8 Å². The fourth-order valence-corrected chi connectivity index (χ4v) is 3.24. The minimum Gasteiger partial charge on any atom is -0.456 e. The summed E-state index contributed by atoms with van der Waals surface area (Å²) in [5.41, 5.74) is -0.495. The topological polar surface area (TPSA) is 47.8 Å². The number of nitrogens with one attached hydrogen (secondary N) is 1. The first-order valence-electron chi connectivity index (χ1n) is 9.13. The van der Waals surface area contributed by atoms with E-state index in [-0.39, 0.29) is 17.2 Å². The first kappa shape index (κ1) is 19.4. The number of aromatic amines is 1. The van der Waals surface area contributed by atoms with Gasteiger partial charge in [-0.05, 0) is 52.0 Å². The third kappa shape index (κ3) is 3.16. The molecule has 1 saturated heterocycles. The van der Waals surface area contributed by atoms with Crippen molar-refractivity contribution in [2.75, 3.05) is 0 Å². The number of halogens is 2. The highest BCUT2D eigenvalue weighted by atomic mass is 19.1. The van der Waals surface area contributed by atoms with Crippen LogP contribution in [0.25, 0.3) is 15.7 Å². The van der Waals surface area contributed by atoms with E-state index in [1.807, 2.05) is 27.7 Å². The summed E-state index contributed by atoms with van der Waals surface area (Å²) in [7, 11) is -0.871. The predicted octanol–water partition coefficient (Wildman–Crippen LogP) is 5.09. The molecule has 0 bridgehead atoms. The molecule has 1 aliphatic rings. The lowest BCUT2D eigenvalue weighted by Gasteiger charge is -2.32. The number of aromatic nitrogens is 1. The molecule has 1 fully saturated rings. The smallest absolute Gasteiger partial charge is 0.456 e. The summed E-state index contributed by atoms with van der Waals surface area (Å²) in [6.45, 7) is 14.7. The third-order valence-electron chi connectivity index (χ3n) is 5.55. The molecule has 0 saturated carbocycles. The first-order valence-corrected chi connectivity index (χ1v) is 9.13. The summed E-state index contributed by atoms with van der Waals surface area (Å²) in [5, 5.41) is 0.687. The average molecular weight is 396 g/mol. The number of nitrogens with zero attached hydrogens (tertiary/aromatic N) is 1. The van der Waals surface area contributed by atoms with Gasteiger partial charge in [0.2, 0.25) is 5.69 Å². The molecule has 29 heavy (non-hydrogen) atoms. The molecule has 0 aliphatic carbocycles. The van der Waals surface area contributed by atoms with Gasteiger partial charge >= 0.3 is 7.12 Å². The molecule has 0 atom stereocenters. The van der Waals surface area contributed by atoms with Crippen molar-refractivity contribution in [2.45, 2.75) is 38.9 Å². The van der Waals surface area contributed by atoms with Gasteiger partial charge in [0.25, 0.3) is 0 Å². The monoisotopic (exact) mass is 396 g/mol. The lowest BCUT2D eigenvalue weighted by molar-refractivity contribution is 0.00578. The molecule has 148 valence electrons. The molecule has 0 amide bonds. The van der Waals surface area contributed by atoms with Gasteiger partial charge < -0.3 is 19.0 Å². The van der Waals surface area contributed by atoms with Gasteiger partial charge in [-0.3, -0.25) is 0 Å². The van der Waals surface area contributed by atoms with Crippen molar-refractivity contribution in [2.24, 2.45) is 0 Å². The van der Waals surface area contributed by atoms with Crippen molar-refractivity contribution in [3.63, 3.8) is 0 Å². The molecular formula is C21H19BF2N2O3. The molecular weight excluding hydrogens is 377 g/mol. The van der Waals surface area contributed by atoms with Gasteiger partial charge in [-0.25, -0.2) is 13.6 Å². The summed E-state index contributed by atoms with van der Waals surface area (Å²) in [4.78, 5) is 6.11. The number of hydrogen-bond acceptors (Lipinski definition) is 3. The second-order valence-electron chi connectivity index (χ2n) is 7.96. The zero-order valence-corrected chi connectivity index (χ0v) is 16.5. The number of fused-ring (bicyclic) bond motifs is 1. The molecule has 0 unspecified atom stereocenters. The zero-order valence-electron chi connectivity index (χ0n) is 16.5. The standard InChI is InChI=1S/C21H19BF2N2O3/c1-20(2)21(3,4)29-22(28-20)18-13-8-9-26-16(13)11-15(24)19(18)27-12-6-7-14(23)17(10-12)25-5/h6-11,26H,1-4H3. The highest BCUT2D eigenvalue weighted by Crippen LogP contribution is 2.39. The van der Waals surface area contributed by atoms with Crippen LogP contribution in [0.3, 0.4) is 0 Å². The maximum Gasteiger partial charge on any atom is 0.499 e. The lowest BCUT2D eigenvalue weighted by Crippen LogP contribution is -2.41. The Morgan fingerprint density at radius 3 is 2.38 bits per heavy atom. The summed E-state index contributed by atoms with van der Waals surface area (Å²) in [6, 6.07) is 6.80. The van der Waals surface area contributed by atoms with Gasteiger partial charge in [-0.1, -0.05) is 0 Å². The molecule has 4 rings (SSSR count). The Kier molecular flexibility index (Phi) is 4.41. The van der Waals surface area contributed by atoms with E-state index in [9.17, 15) is 4.39 Å². The second-order valence-corrected chi connectivity index (χ2v) is 7.96. The van der Waals surface area contributed by atoms with E-state index in [0.29, 0.717) is 16.4 Å². The highest BCUT2D eigenvalue weighted by Gasteiger charge is 2.53. The third-order valence-corrected chi connectivity index (χ3v) is 5.55. The van der Waals surface area contributed by atoms with Gasteiger partial charge in [0, 0.05) is 28.6 Å². The van der Waals surface area contributed by atoms with E-state index in [2.05, 4.69) is 9.83 Å². The molecule has 3 aromatic rings. The number of rotatable bonds is 3. The van der Waals surface area contributed by atoms with Crippen LogP contribution in [-0.2, 0) is 9.31 Å². The zero-order chi connectivity index (χ0) is 21.0.